The number of ether oxygens (including phenoxy) is 1. The van der Waals surface area contributed by atoms with E-state index in [0.717, 1.165) is 32.3 Å². The predicted molar refractivity (Wildman–Crippen MR) is 73.3 cm³/mol. The van der Waals surface area contributed by atoms with E-state index in [0.29, 0.717) is 17.9 Å². The van der Waals surface area contributed by atoms with Crippen LogP contribution in [0.5, 0.6) is 0 Å². The van der Waals surface area contributed by atoms with Crippen LogP contribution in [0.15, 0.2) is 0 Å². The fourth-order valence-electron chi connectivity index (χ4n) is 3.70. The van der Waals surface area contributed by atoms with E-state index in [2.05, 4.69) is 6.92 Å². The maximum absolute atomic E-state index is 9.42. The van der Waals surface area contributed by atoms with Crippen LogP contribution in [-0.2, 0) is 4.74 Å². The zero-order valence-corrected chi connectivity index (χ0v) is 11.7. The lowest BCUT2D eigenvalue weighted by Gasteiger charge is -2.32. The summed E-state index contributed by atoms with van der Waals surface area (Å²) in [5.41, 5.74) is 5.91. The van der Waals surface area contributed by atoms with Crippen molar-refractivity contribution in [1.29, 1.82) is 0 Å². The Labute approximate surface area is 111 Å². The summed E-state index contributed by atoms with van der Waals surface area (Å²) in [6.07, 6.45) is 9.96. The summed E-state index contributed by atoms with van der Waals surface area (Å²) in [5.74, 6) is 1.16. The zero-order valence-electron chi connectivity index (χ0n) is 11.7. The lowest BCUT2D eigenvalue weighted by atomic mass is 9.86. The molecule has 3 N–H and O–H groups in total. The molecule has 4 atom stereocenters. The highest BCUT2D eigenvalue weighted by Crippen LogP contribution is 2.36. The summed E-state index contributed by atoms with van der Waals surface area (Å²) in [6, 6.07) is 0. The van der Waals surface area contributed by atoms with Gasteiger partial charge < -0.3 is 15.6 Å². The van der Waals surface area contributed by atoms with Crippen molar-refractivity contribution in [1.82, 2.24) is 0 Å². The fraction of sp³-hybridized carbons (Fsp3) is 1.00. The molecule has 3 heteroatoms. The monoisotopic (exact) mass is 255 g/mol. The van der Waals surface area contributed by atoms with Gasteiger partial charge in [0.05, 0.1) is 12.7 Å². The molecule has 0 aromatic carbocycles. The topological polar surface area (TPSA) is 55.5 Å². The molecule has 2 fully saturated rings. The van der Waals surface area contributed by atoms with Gasteiger partial charge in [-0.15, -0.1) is 0 Å². The number of aliphatic hydroxyl groups excluding tert-OH is 1. The average Bonchev–Trinajstić information content (AvgIpc) is 2.74. The minimum absolute atomic E-state index is 0.123. The summed E-state index contributed by atoms with van der Waals surface area (Å²) < 4.78 is 6.06. The van der Waals surface area contributed by atoms with E-state index in [4.69, 9.17) is 10.5 Å². The molecular formula is C15H29NO2. The fourth-order valence-corrected chi connectivity index (χ4v) is 3.70. The summed E-state index contributed by atoms with van der Waals surface area (Å²) in [5, 5.41) is 9.42. The van der Waals surface area contributed by atoms with Crippen LogP contribution in [0, 0.1) is 11.8 Å². The minimum Gasteiger partial charge on any atom is -0.394 e. The first-order valence-electron chi connectivity index (χ1n) is 7.67. The highest BCUT2D eigenvalue weighted by Gasteiger charge is 2.38. The third-order valence-corrected chi connectivity index (χ3v) is 5.13. The van der Waals surface area contributed by atoms with Crippen molar-refractivity contribution >= 4 is 0 Å². The second-order valence-electron chi connectivity index (χ2n) is 6.44. The Bertz CT molecular complexity index is 259. The lowest BCUT2D eigenvalue weighted by Crippen LogP contribution is -2.47. The van der Waals surface area contributed by atoms with Gasteiger partial charge in [-0.2, -0.15) is 0 Å². The maximum Gasteiger partial charge on any atom is 0.0613 e. The van der Waals surface area contributed by atoms with Gasteiger partial charge >= 0.3 is 0 Å². The lowest BCUT2D eigenvalue weighted by molar-refractivity contribution is -0.0145. The quantitative estimate of drug-likeness (QED) is 0.793. The van der Waals surface area contributed by atoms with Crippen LogP contribution in [0.25, 0.3) is 0 Å². The van der Waals surface area contributed by atoms with Crippen LogP contribution >= 0.6 is 0 Å². The molecule has 3 nitrogen and oxygen atoms in total. The smallest absolute Gasteiger partial charge is 0.0613 e. The van der Waals surface area contributed by atoms with Crippen LogP contribution in [-0.4, -0.2) is 30.0 Å². The van der Waals surface area contributed by atoms with Crippen molar-refractivity contribution in [3.8, 4) is 0 Å². The zero-order chi connectivity index (χ0) is 13.0. The van der Waals surface area contributed by atoms with Crippen molar-refractivity contribution in [2.45, 2.75) is 69.9 Å². The molecule has 0 aromatic rings. The van der Waals surface area contributed by atoms with Gasteiger partial charge in [0.25, 0.3) is 0 Å². The van der Waals surface area contributed by atoms with E-state index < -0.39 is 0 Å². The molecule has 0 bridgehead atoms. The molecule has 2 rings (SSSR count). The Morgan fingerprint density at radius 3 is 2.72 bits per heavy atom. The van der Waals surface area contributed by atoms with Gasteiger partial charge in [0.1, 0.15) is 0 Å². The Balaban J connectivity index is 1.71. The number of aliphatic hydroxyl groups is 1. The van der Waals surface area contributed by atoms with Gasteiger partial charge in [-0.3, -0.25) is 0 Å². The molecule has 0 aliphatic heterocycles. The minimum atomic E-state index is -0.332. The Morgan fingerprint density at radius 2 is 2.00 bits per heavy atom. The van der Waals surface area contributed by atoms with Crippen LogP contribution in [0.3, 0.4) is 0 Å². The largest absolute Gasteiger partial charge is 0.394 e. The van der Waals surface area contributed by atoms with Crippen LogP contribution in [0.4, 0.5) is 0 Å². The molecule has 18 heavy (non-hydrogen) atoms. The van der Waals surface area contributed by atoms with Gasteiger partial charge in [0.2, 0.25) is 0 Å². The molecule has 0 aromatic heterocycles. The number of rotatable bonds is 5. The molecule has 4 unspecified atom stereocenters. The van der Waals surface area contributed by atoms with Gasteiger partial charge in [0.15, 0.2) is 0 Å². The molecule has 2 aliphatic carbocycles. The molecule has 0 radical (unpaired) electrons. The van der Waals surface area contributed by atoms with Crippen molar-refractivity contribution in [2.75, 3.05) is 13.2 Å². The van der Waals surface area contributed by atoms with E-state index >= 15 is 0 Å². The van der Waals surface area contributed by atoms with E-state index in [9.17, 15) is 5.11 Å². The molecule has 0 heterocycles. The summed E-state index contributed by atoms with van der Waals surface area (Å²) >= 11 is 0. The maximum atomic E-state index is 9.42. The highest BCUT2D eigenvalue weighted by atomic mass is 16.5. The van der Waals surface area contributed by atoms with E-state index in [1.165, 1.54) is 25.7 Å². The number of hydrogen-bond donors (Lipinski definition) is 2. The summed E-state index contributed by atoms with van der Waals surface area (Å²) in [4.78, 5) is 0. The molecule has 0 saturated heterocycles. The number of hydrogen-bond acceptors (Lipinski definition) is 3. The van der Waals surface area contributed by atoms with E-state index in [1.807, 2.05) is 0 Å². The highest BCUT2D eigenvalue weighted by molar-refractivity contribution is 4.95. The summed E-state index contributed by atoms with van der Waals surface area (Å²) in [7, 11) is 0. The average molecular weight is 255 g/mol. The second-order valence-corrected chi connectivity index (χ2v) is 6.44. The van der Waals surface area contributed by atoms with Gasteiger partial charge in [0, 0.05) is 12.1 Å². The SMILES string of the molecule is CC1CCCCC1OCCC1CCCC1(N)CO. The normalized spacial score (nSPS) is 41.2. The first-order valence-corrected chi connectivity index (χ1v) is 7.67. The van der Waals surface area contributed by atoms with Crippen molar-refractivity contribution in [2.24, 2.45) is 17.6 Å². The first kappa shape index (κ1) is 14.3. The summed E-state index contributed by atoms with van der Waals surface area (Å²) in [6.45, 7) is 3.25. The standard InChI is InChI=1S/C15H29NO2/c1-12-5-2-3-7-14(12)18-10-8-13-6-4-9-15(13,16)11-17/h12-14,17H,2-11,16H2,1H3. The Hall–Kier alpha value is -0.120. The predicted octanol–water partition coefficient (Wildman–Crippen LogP) is 2.46. The third-order valence-electron chi connectivity index (χ3n) is 5.13. The molecule has 0 amide bonds. The van der Waals surface area contributed by atoms with Crippen molar-refractivity contribution in [3.05, 3.63) is 0 Å². The van der Waals surface area contributed by atoms with Gasteiger partial charge in [-0.25, -0.2) is 0 Å². The molecule has 106 valence electrons. The van der Waals surface area contributed by atoms with E-state index in [1.54, 1.807) is 0 Å². The third kappa shape index (κ3) is 3.25. The number of nitrogens with two attached hydrogens (primary N) is 1. The second kappa shape index (κ2) is 6.36. The molecular weight excluding hydrogens is 226 g/mol. The Morgan fingerprint density at radius 1 is 1.22 bits per heavy atom. The molecule has 2 saturated carbocycles. The van der Waals surface area contributed by atoms with Crippen LogP contribution < -0.4 is 5.73 Å². The van der Waals surface area contributed by atoms with Crippen LogP contribution in [0.1, 0.15) is 58.3 Å². The first-order chi connectivity index (χ1) is 8.65. The van der Waals surface area contributed by atoms with E-state index in [-0.39, 0.29) is 12.1 Å². The van der Waals surface area contributed by atoms with Crippen molar-refractivity contribution < 1.29 is 9.84 Å². The molecule has 2 aliphatic rings. The van der Waals surface area contributed by atoms with Gasteiger partial charge in [-0.05, 0) is 43.9 Å². The van der Waals surface area contributed by atoms with Gasteiger partial charge in [-0.1, -0.05) is 26.2 Å². The van der Waals surface area contributed by atoms with Crippen molar-refractivity contribution in [3.63, 3.8) is 0 Å². The Kier molecular flexibility index (Phi) is 5.05. The molecule has 0 spiro atoms. The van der Waals surface area contributed by atoms with Crippen LogP contribution in [0.2, 0.25) is 0 Å².